The lowest BCUT2D eigenvalue weighted by molar-refractivity contribution is -0.150. The Morgan fingerprint density at radius 3 is 2.84 bits per heavy atom. The van der Waals surface area contributed by atoms with Crippen LogP contribution < -0.4 is 0 Å². The molecular weight excluding hydrogens is 320 g/mol. The smallest absolute Gasteiger partial charge is 0.255 e. The number of nitrogens with zero attached hydrogens (tertiary/aromatic N) is 2. The molecule has 0 N–H and O–H groups in total. The molecule has 130 valence electrons. The van der Waals surface area contributed by atoms with Crippen LogP contribution in [0.4, 0.5) is 0 Å². The van der Waals surface area contributed by atoms with E-state index in [1.807, 2.05) is 6.07 Å². The van der Waals surface area contributed by atoms with Gasteiger partial charge >= 0.3 is 0 Å². The van der Waals surface area contributed by atoms with Gasteiger partial charge in [0.1, 0.15) is 6.04 Å². The molecule has 0 radical (unpaired) electrons. The normalized spacial score (nSPS) is 19.8. The molecule has 1 fully saturated rings. The lowest BCUT2D eigenvalue weighted by Crippen LogP contribution is -2.53. The number of likely N-dealkylation sites (tertiary alicyclic amines) is 1. The number of piperidine rings is 1. The molecular formula is C19H20N2O4. The summed E-state index contributed by atoms with van der Waals surface area (Å²) in [6.45, 7) is 0.908. The number of ether oxygens (including phenoxy) is 1. The summed E-state index contributed by atoms with van der Waals surface area (Å²) >= 11 is 0. The number of amides is 3. The van der Waals surface area contributed by atoms with Gasteiger partial charge in [-0.05, 0) is 24.1 Å². The van der Waals surface area contributed by atoms with Crippen LogP contribution in [0, 0.1) is 11.8 Å². The number of hydrogen-bond acceptors (Lipinski definition) is 4. The van der Waals surface area contributed by atoms with Crippen molar-refractivity contribution < 1.29 is 19.1 Å². The van der Waals surface area contributed by atoms with Crippen molar-refractivity contribution in [2.75, 3.05) is 20.8 Å². The molecule has 1 saturated heterocycles. The van der Waals surface area contributed by atoms with Gasteiger partial charge in [0.15, 0.2) is 0 Å². The summed E-state index contributed by atoms with van der Waals surface area (Å²) in [7, 11) is 3.10. The fourth-order valence-corrected chi connectivity index (χ4v) is 3.22. The molecule has 0 aliphatic carbocycles. The quantitative estimate of drug-likeness (QED) is 0.471. The van der Waals surface area contributed by atoms with Crippen LogP contribution in [0.1, 0.15) is 40.7 Å². The average Bonchev–Trinajstić information content (AvgIpc) is 2.94. The Bertz CT molecular complexity index is 790. The molecule has 1 unspecified atom stereocenters. The number of hydrogen-bond donors (Lipinski definition) is 0. The first-order valence-corrected chi connectivity index (χ1v) is 8.25. The third-order valence-corrected chi connectivity index (χ3v) is 4.65. The molecule has 3 amide bonds. The summed E-state index contributed by atoms with van der Waals surface area (Å²) in [6.07, 6.45) is 1.26. The van der Waals surface area contributed by atoms with E-state index in [1.54, 1.807) is 24.1 Å². The minimum Gasteiger partial charge on any atom is -0.384 e. The van der Waals surface area contributed by atoms with E-state index in [2.05, 4.69) is 11.8 Å². The second kappa shape index (κ2) is 7.08. The van der Waals surface area contributed by atoms with Gasteiger partial charge in [-0.25, -0.2) is 0 Å². The fourth-order valence-electron chi connectivity index (χ4n) is 3.22. The number of benzene rings is 1. The van der Waals surface area contributed by atoms with E-state index >= 15 is 0 Å². The molecule has 25 heavy (non-hydrogen) atoms. The van der Waals surface area contributed by atoms with Crippen molar-refractivity contribution in [1.82, 2.24) is 9.80 Å². The predicted molar refractivity (Wildman–Crippen MR) is 90.5 cm³/mol. The zero-order valence-electron chi connectivity index (χ0n) is 14.4. The molecule has 2 aliphatic heterocycles. The highest BCUT2D eigenvalue weighted by atomic mass is 16.5. The fraction of sp³-hybridized carbons (Fsp3) is 0.421. The van der Waals surface area contributed by atoms with E-state index in [9.17, 15) is 14.4 Å². The summed E-state index contributed by atoms with van der Waals surface area (Å²) in [4.78, 5) is 39.5. The largest absolute Gasteiger partial charge is 0.384 e. The SMILES string of the molecule is COCCC#Cc1cccc2c1CN(C1CCC(=O)N(C)C1=O)C2=O. The second-order valence-corrected chi connectivity index (χ2v) is 6.15. The Balaban J connectivity index is 1.84. The van der Waals surface area contributed by atoms with Gasteiger partial charge in [-0.2, -0.15) is 0 Å². The van der Waals surface area contributed by atoms with Crippen LogP contribution in [0.15, 0.2) is 18.2 Å². The standard InChI is InChI=1S/C19H20N2O4/c1-20-17(22)10-9-16(19(20)24)21-12-15-13(6-3-4-11-25-2)7-5-8-14(15)18(21)23/h5,7-8,16H,4,9-12H2,1-2H3. The zero-order chi connectivity index (χ0) is 18.0. The van der Waals surface area contributed by atoms with Crippen molar-refractivity contribution in [3.8, 4) is 11.8 Å². The first-order valence-electron chi connectivity index (χ1n) is 8.25. The highest BCUT2D eigenvalue weighted by Crippen LogP contribution is 2.30. The van der Waals surface area contributed by atoms with Crippen LogP contribution in [0.25, 0.3) is 0 Å². The van der Waals surface area contributed by atoms with Crippen molar-refractivity contribution in [2.24, 2.45) is 0 Å². The molecule has 0 bridgehead atoms. The third-order valence-electron chi connectivity index (χ3n) is 4.65. The van der Waals surface area contributed by atoms with Crippen molar-refractivity contribution in [3.05, 3.63) is 34.9 Å². The molecule has 1 aromatic carbocycles. The van der Waals surface area contributed by atoms with E-state index in [0.29, 0.717) is 31.6 Å². The molecule has 1 aromatic rings. The maximum atomic E-state index is 12.8. The van der Waals surface area contributed by atoms with Gasteiger partial charge in [0.25, 0.3) is 11.8 Å². The van der Waals surface area contributed by atoms with Crippen LogP contribution in [-0.2, 0) is 20.9 Å². The lowest BCUT2D eigenvalue weighted by atomic mass is 10.0. The molecule has 6 heteroatoms. The van der Waals surface area contributed by atoms with E-state index in [1.165, 1.54) is 7.05 Å². The third kappa shape index (κ3) is 3.15. The molecule has 2 aliphatic rings. The summed E-state index contributed by atoms with van der Waals surface area (Å²) in [6, 6.07) is 4.87. The Morgan fingerprint density at radius 1 is 1.28 bits per heavy atom. The van der Waals surface area contributed by atoms with Gasteiger partial charge in [0, 0.05) is 44.7 Å². The van der Waals surface area contributed by atoms with Crippen LogP contribution in [0.3, 0.4) is 0 Å². The maximum Gasteiger partial charge on any atom is 0.255 e. The van der Waals surface area contributed by atoms with Crippen molar-refractivity contribution in [3.63, 3.8) is 0 Å². The van der Waals surface area contributed by atoms with Crippen LogP contribution in [0.2, 0.25) is 0 Å². The number of methoxy groups -OCH3 is 1. The van der Waals surface area contributed by atoms with Crippen molar-refractivity contribution in [2.45, 2.75) is 31.8 Å². The number of rotatable bonds is 3. The molecule has 2 heterocycles. The molecule has 0 spiro atoms. The van der Waals surface area contributed by atoms with E-state index in [4.69, 9.17) is 4.74 Å². The molecule has 3 rings (SSSR count). The zero-order valence-corrected chi connectivity index (χ0v) is 14.4. The monoisotopic (exact) mass is 340 g/mol. The lowest BCUT2D eigenvalue weighted by Gasteiger charge is -2.33. The van der Waals surface area contributed by atoms with Gasteiger partial charge < -0.3 is 9.64 Å². The van der Waals surface area contributed by atoms with Gasteiger partial charge in [0.2, 0.25) is 5.91 Å². The number of carbonyl (C=O) groups is 3. The first-order chi connectivity index (χ1) is 12.0. The summed E-state index contributed by atoms with van der Waals surface area (Å²) in [5.41, 5.74) is 2.24. The van der Waals surface area contributed by atoms with Gasteiger partial charge in [0.05, 0.1) is 6.61 Å². The Hall–Kier alpha value is -2.65. The van der Waals surface area contributed by atoms with Crippen molar-refractivity contribution >= 4 is 17.7 Å². The molecule has 1 atom stereocenters. The summed E-state index contributed by atoms with van der Waals surface area (Å²) in [5.74, 6) is 5.45. The van der Waals surface area contributed by atoms with E-state index in [0.717, 1.165) is 16.0 Å². The highest BCUT2D eigenvalue weighted by Gasteiger charge is 2.41. The Labute approximate surface area is 146 Å². The number of likely N-dealkylation sites (N-methyl/N-ethyl adjacent to an activating group) is 1. The number of fused-ring (bicyclic) bond motifs is 1. The topological polar surface area (TPSA) is 66.9 Å². The van der Waals surface area contributed by atoms with Crippen LogP contribution in [0.5, 0.6) is 0 Å². The van der Waals surface area contributed by atoms with Gasteiger partial charge in [-0.3, -0.25) is 19.3 Å². The minimum atomic E-state index is -0.586. The molecule has 6 nitrogen and oxygen atoms in total. The second-order valence-electron chi connectivity index (χ2n) is 6.15. The Morgan fingerprint density at radius 2 is 2.08 bits per heavy atom. The van der Waals surface area contributed by atoms with Crippen LogP contribution >= 0.6 is 0 Å². The first kappa shape index (κ1) is 17.2. The highest BCUT2D eigenvalue weighted by molar-refractivity contribution is 6.05. The maximum absolute atomic E-state index is 12.8. The summed E-state index contributed by atoms with van der Waals surface area (Å²) in [5, 5.41) is 0. The van der Waals surface area contributed by atoms with Crippen LogP contribution in [-0.4, -0.2) is 54.3 Å². The number of imide groups is 1. The number of carbonyl (C=O) groups excluding carboxylic acids is 3. The average molecular weight is 340 g/mol. The van der Waals surface area contributed by atoms with Gasteiger partial charge in [-0.1, -0.05) is 17.9 Å². The summed E-state index contributed by atoms with van der Waals surface area (Å²) < 4.78 is 4.98. The molecule has 0 aromatic heterocycles. The molecule has 0 saturated carbocycles. The van der Waals surface area contributed by atoms with E-state index in [-0.39, 0.29) is 24.1 Å². The van der Waals surface area contributed by atoms with Gasteiger partial charge in [-0.15, -0.1) is 0 Å². The van der Waals surface area contributed by atoms with E-state index < -0.39 is 6.04 Å². The Kier molecular flexibility index (Phi) is 4.86. The minimum absolute atomic E-state index is 0.170. The predicted octanol–water partition coefficient (Wildman–Crippen LogP) is 1.18. The van der Waals surface area contributed by atoms with Crippen molar-refractivity contribution in [1.29, 1.82) is 0 Å².